The molecule has 4 unspecified atom stereocenters. The summed E-state index contributed by atoms with van der Waals surface area (Å²) in [5, 5.41) is 23.0. The fourth-order valence-electron chi connectivity index (χ4n) is 8.99. The van der Waals surface area contributed by atoms with E-state index in [2.05, 4.69) is 31.6 Å². The molecule has 19 nitrogen and oxygen atoms in total. The zero-order valence-corrected chi connectivity index (χ0v) is 37.8. The van der Waals surface area contributed by atoms with Crippen molar-refractivity contribution in [2.45, 2.75) is 141 Å². The lowest BCUT2D eigenvalue weighted by atomic mass is 9.81. The number of carbonyl (C=O) groups is 10. The molecule has 2 aliphatic carbocycles. The van der Waals surface area contributed by atoms with Gasteiger partial charge in [-0.05, 0) is 61.0 Å². The maximum atomic E-state index is 14.6. The van der Waals surface area contributed by atoms with Crippen molar-refractivity contribution < 1.29 is 53.1 Å². The number of pyridine rings is 1. The van der Waals surface area contributed by atoms with Gasteiger partial charge in [-0.15, -0.1) is 0 Å². The molecule has 0 spiro atoms. The zero-order valence-electron chi connectivity index (χ0n) is 37.8. The van der Waals surface area contributed by atoms with Crippen LogP contribution in [0.2, 0.25) is 0 Å². The number of carboxylic acids is 1. The molecule has 66 heavy (non-hydrogen) atoms. The van der Waals surface area contributed by atoms with Gasteiger partial charge in [0.25, 0.3) is 11.8 Å². The van der Waals surface area contributed by atoms with Crippen LogP contribution in [-0.4, -0.2) is 111 Å². The molecular weight excluding hydrogens is 853 g/mol. The predicted octanol–water partition coefficient (Wildman–Crippen LogP) is 1.86. The topological polar surface area (TPSA) is 293 Å². The van der Waals surface area contributed by atoms with E-state index in [1.807, 2.05) is 0 Å². The number of Topliss-reactive ketones (excluding diaryl/α,β-unsaturated/α-hetero) is 2. The Morgan fingerprint density at radius 3 is 2.00 bits per heavy atom. The monoisotopic (exact) mass is 914 g/mol. The summed E-state index contributed by atoms with van der Waals surface area (Å²) in [6.45, 7) is 4.43. The number of aromatic carboxylic acids is 1. The number of carboxylic acid groups (broad SMARTS) is 1. The number of likely N-dealkylation sites (tertiary alicyclic amines) is 1. The first-order chi connectivity index (χ1) is 31.3. The fourth-order valence-corrected chi connectivity index (χ4v) is 8.99. The lowest BCUT2D eigenvalue weighted by Crippen LogP contribution is -2.62. The number of rotatable bonds is 19. The van der Waals surface area contributed by atoms with E-state index >= 15 is 0 Å². The average Bonchev–Trinajstić information content (AvgIpc) is 3.71. The van der Waals surface area contributed by atoms with E-state index in [0.29, 0.717) is 12.8 Å². The molecule has 1 aromatic carbocycles. The highest BCUT2D eigenvalue weighted by Gasteiger charge is 2.46. The third kappa shape index (κ3) is 13.5. The van der Waals surface area contributed by atoms with Gasteiger partial charge in [-0.1, -0.05) is 89.6 Å². The normalized spacial score (nSPS) is 18.7. The van der Waals surface area contributed by atoms with Crippen LogP contribution in [0.3, 0.4) is 0 Å². The van der Waals surface area contributed by atoms with Gasteiger partial charge in [0.1, 0.15) is 30.2 Å². The van der Waals surface area contributed by atoms with Crippen LogP contribution in [0.4, 0.5) is 0 Å². The van der Waals surface area contributed by atoms with Crippen LogP contribution in [0.1, 0.15) is 131 Å². The standard InChI is InChI=1S/C47H62N8O11/c1-47(2,3)38(54-41(60)33(51-40(59)31-21-22-49-25-32(31)46(65)66)19-20-35(57)43(62)50-24-27-13-7-4-8-14-27)45(64)55-26-30(56)23-34(55)42(61)53-37(29-17-11-6-12-18-29)44(63)52-36(39(48)58)28-15-9-5-10-16-28/h4,7-8,13-14,21-22,25,28-29,33-34,36-38H,5-6,9-12,15-20,23-24,26H2,1-3H3,(H2,48,58)(H,50,62)(H,51,59)(H,52,63)(H,53,61)(H,54,60)(H,65,66)/t33?,34-,36?,37?,38?/m0/s1. The van der Waals surface area contributed by atoms with E-state index in [9.17, 15) is 53.1 Å². The maximum absolute atomic E-state index is 14.6. The molecule has 19 heteroatoms. The Hall–Kier alpha value is -6.53. The van der Waals surface area contributed by atoms with E-state index in [0.717, 1.165) is 74.1 Å². The predicted molar refractivity (Wildman–Crippen MR) is 238 cm³/mol. The van der Waals surface area contributed by atoms with Crippen molar-refractivity contribution in [2.75, 3.05) is 6.54 Å². The van der Waals surface area contributed by atoms with Gasteiger partial charge in [-0.3, -0.25) is 48.1 Å². The van der Waals surface area contributed by atoms with E-state index in [-0.39, 0.29) is 30.4 Å². The quantitative estimate of drug-likeness (QED) is 0.0995. The van der Waals surface area contributed by atoms with Crippen LogP contribution in [-0.2, 0) is 44.9 Å². The van der Waals surface area contributed by atoms with Crippen LogP contribution < -0.4 is 32.3 Å². The van der Waals surface area contributed by atoms with Gasteiger partial charge in [0, 0.05) is 31.8 Å². The number of amides is 7. The van der Waals surface area contributed by atoms with Gasteiger partial charge >= 0.3 is 5.97 Å². The molecule has 356 valence electrons. The first-order valence-corrected chi connectivity index (χ1v) is 22.7. The number of hydrogen-bond donors (Lipinski definition) is 7. The van der Waals surface area contributed by atoms with Crippen LogP contribution in [0.5, 0.6) is 0 Å². The second-order valence-electron chi connectivity index (χ2n) is 18.6. The van der Waals surface area contributed by atoms with Crippen LogP contribution in [0.15, 0.2) is 48.8 Å². The number of nitrogens with one attached hydrogen (secondary N) is 5. The van der Waals surface area contributed by atoms with Gasteiger partial charge in [-0.2, -0.15) is 0 Å². The van der Waals surface area contributed by atoms with Crippen molar-refractivity contribution in [3.63, 3.8) is 0 Å². The fraction of sp³-hybridized carbons (Fsp3) is 0.553. The Morgan fingerprint density at radius 1 is 0.788 bits per heavy atom. The van der Waals surface area contributed by atoms with E-state index < -0.39 is 119 Å². The Balaban J connectivity index is 1.35. The summed E-state index contributed by atoms with van der Waals surface area (Å²) < 4.78 is 0. The molecule has 3 fully saturated rings. The molecule has 5 rings (SSSR count). The molecular formula is C47H62N8O11. The second-order valence-corrected chi connectivity index (χ2v) is 18.6. The van der Waals surface area contributed by atoms with Crippen LogP contribution in [0.25, 0.3) is 0 Å². The van der Waals surface area contributed by atoms with Gasteiger partial charge in [0.15, 0.2) is 5.78 Å². The van der Waals surface area contributed by atoms with Crippen molar-refractivity contribution in [1.29, 1.82) is 0 Å². The number of aromatic nitrogens is 1. The molecule has 2 aromatic rings. The smallest absolute Gasteiger partial charge is 0.338 e. The van der Waals surface area contributed by atoms with E-state index in [4.69, 9.17) is 5.73 Å². The van der Waals surface area contributed by atoms with Crippen LogP contribution in [0, 0.1) is 17.3 Å². The SMILES string of the molecule is CC(C)(C)C(NC(=O)C(CCC(=O)C(=O)NCc1ccccc1)NC(=O)c1ccncc1C(=O)O)C(=O)N1CC(=O)C[C@H]1C(=O)NC(C(=O)NC(C(N)=O)C1CCCCC1)C1CCCCC1. The third-order valence-electron chi connectivity index (χ3n) is 12.7. The number of primary amides is 1. The number of nitrogens with zero attached hydrogens (tertiary/aromatic N) is 2. The summed E-state index contributed by atoms with van der Waals surface area (Å²) in [6, 6.07) is 3.47. The third-order valence-corrected chi connectivity index (χ3v) is 12.7. The highest BCUT2D eigenvalue weighted by molar-refractivity contribution is 6.36. The first kappa shape index (κ1) is 50.5. The molecule has 1 aromatic heterocycles. The highest BCUT2D eigenvalue weighted by Crippen LogP contribution is 2.30. The Morgan fingerprint density at radius 2 is 1.41 bits per heavy atom. The number of hydrogen-bond acceptors (Lipinski definition) is 11. The molecule has 3 aliphatic rings. The van der Waals surface area contributed by atoms with Gasteiger partial charge in [0.2, 0.25) is 35.3 Å². The number of benzene rings is 1. The summed E-state index contributed by atoms with van der Waals surface area (Å²) in [5.74, 6) is -9.07. The molecule has 1 saturated heterocycles. The second kappa shape index (κ2) is 23.1. The van der Waals surface area contributed by atoms with Gasteiger partial charge in [0.05, 0.1) is 17.7 Å². The molecule has 1 aliphatic heterocycles. The number of nitrogens with two attached hydrogens (primary N) is 1. The summed E-state index contributed by atoms with van der Waals surface area (Å²) in [7, 11) is 0. The molecule has 8 N–H and O–H groups in total. The van der Waals surface area contributed by atoms with E-state index in [1.165, 1.54) is 6.20 Å². The lowest BCUT2D eigenvalue weighted by molar-refractivity contribution is -0.145. The maximum Gasteiger partial charge on any atom is 0.338 e. The van der Waals surface area contributed by atoms with E-state index in [1.54, 1.807) is 51.1 Å². The Labute approximate surface area is 383 Å². The number of carbonyl (C=O) groups excluding carboxylic acids is 9. The molecule has 2 heterocycles. The van der Waals surface area contributed by atoms with Crippen molar-refractivity contribution in [1.82, 2.24) is 36.5 Å². The largest absolute Gasteiger partial charge is 0.478 e. The first-order valence-electron chi connectivity index (χ1n) is 22.7. The van der Waals surface area contributed by atoms with Crippen molar-refractivity contribution >= 4 is 58.9 Å². The summed E-state index contributed by atoms with van der Waals surface area (Å²) in [5.41, 5.74) is 4.59. The minimum absolute atomic E-state index is 0.0457. The lowest BCUT2D eigenvalue weighted by Gasteiger charge is -2.37. The average molecular weight is 915 g/mol. The zero-order chi connectivity index (χ0) is 48.1. The molecule has 5 atom stereocenters. The number of ketones is 2. The van der Waals surface area contributed by atoms with Crippen molar-refractivity contribution in [3.8, 4) is 0 Å². The molecule has 2 saturated carbocycles. The van der Waals surface area contributed by atoms with Gasteiger partial charge < -0.3 is 42.3 Å². The molecule has 0 radical (unpaired) electrons. The highest BCUT2D eigenvalue weighted by atomic mass is 16.4. The Kier molecular flexibility index (Phi) is 17.6. The molecule has 0 bridgehead atoms. The minimum atomic E-state index is -1.61. The summed E-state index contributed by atoms with van der Waals surface area (Å²) in [4.78, 5) is 139. The minimum Gasteiger partial charge on any atom is -0.478 e. The van der Waals surface area contributed by atoms with Crippen molar-refractivity contribution in [2.24, 2.45) is 23.0 Å². The molecule has 7 amide bonds. The Bertz CT molecular complexity index is 2150. The van der Waals surface area contributed by atoms with Crippen LogP contribution >= 0.6 is 0 Å². The van der Waals surface area contributed by atoms with Gasteiger partial charge in [-0.25, -0.2) is 4.79 Å². The summed E-state index contributed by atoms with van der Waals surface area (Å²) >= 11 is 0. The van der Waals surface area contributed by atoms with Crippen molar-refractivity contribution in [3.05, 3.63) is 65.5 Å². The summed E-state index contributed by atoms with van der Waals surface area (Å²) in [6.07, 6.45) is 8.79.